The Morgan fingerprint density at radius 1 is 0.622 bits per heavy atom. The van der Waals surface area contributed by atoms with Gasteiger partial charge in [0.15, 0.2) is 0 Å². The van der Waals surface area contributed by atoms with Gasteiger partial charge in [-0.05, 0) is 71.6 Å². The molecular formula is C31H34N6. The van der Waals surface area contributed by atoms with E-state index >= 15 is 0 Å². The zero-order valence-corrected chi connectivity index (χ0v) is 22.4. The van der Waals surface area contributed by atoms with Gasteiger partial charge in [-0.1, -0.05) is 53.7 Å². The molecular weight excluding hydrogens is 456 g/mol. The molecule has 0 aliphatic rings. The van der Waals surface area contributed by atoms with Crippen molar-refractivity contribution in [2.24, 2.45) is 0 Å². The second-order valence-corrected chi connectivity index (χ2v) is 11.4. The minimum Gasteiger partial charge on any atom is -0.295 e. The highest BCUT2D eigenvalue weighted by Crippen LogP contribution is 2.38. The van der Waals surface area contributed by atoms with Crippen LogP contribution in [0.25, 0.3) is 11.4 Å². The molecule has 6 heteroatoms. The van der Waals surface area contributed by atoms with Crippen LogP contribution in [0, 0.1) is 0 Å². The highest BCUT2D eigenvalue weighted by Gasteiger charge is 2.25. The minimum atomic E-state index is -0.102. The molecule has 0 amide bonds. The van der Waals surface area contributed by atoms with Crippen LogP contribution >= 0.6 is 0 Å². The molecule has 0 saturated carbocycles. The molecule has 0 unspecified atom stereocenters. The number of nitrogens with zero attached hydrogens (tertiary/aromatic N) is 6. The van der Waals surface area contributed by atoms with Crippen LogP contribution in [0.5, 0.6) is 0 Å². The molecule has 0 radical (unpaired) electrons. The van der Waals surface area contributed by atoms with E-state index in [0.29, 0.717) is 0 Å². The second-order valence-electron chi connectivity index (χ2n) is 11.4. The zero-order valence-electron chi connectivity index (χ0n) is 22.4. The van der Waals surface area contributed by atoms with Crippen molar-refractivity contribution in [1.29, 1.82) is 0 Å². The Labute approximate surface area is 219 Å². The number of pyridine rings is 1. The maximum atomic E-state index is 5.24. The Morgan fingerprint density at radius 3 is 1.59 bits per heavy atom. The Morgan fingerprint density at radius 2 is 1.16 bits per heavy atom. The van der Waals surface area contributed by atoms with Crippen molar-refractivity contribution in [3.05, 3.63) is 109 Å². The summed E-state index contributed by atoms with van der Waals surface area (Å²) in [6, 6.07) is 25.1. The number of hydrogen-bond donors (Lipinski definition) is 0. The molecule has 0 aliphatic carbocycles. The van der Waals surface area contributed by atoms with E-state index in [9.17, 15) is 0 Å². The highest BCUT2D eigenvalue weighted by molar-refractivity contribution is 5.77. The number of rotatable bonds is 5. The first kappa shape index (κ1) is 24.5. The summed E-state index contributed by atoms with van der Waals surface area (Å²) in [5, 5.41) is 8.89. The summed E-state index contributed by atoms with van der Waals surface area (Å²) in [5.41, 5.74) is 6.16. The molecule has 0 bridgehead atoms. The van der Waals surface area contributed by atoms with Gasteiger partial charge in [0, 0.05) is 47.3 Å². The van der Waals surface area contributed by atoms with Gasteiger partial charge in [0.05, 0.1) is 11.4 Å². The third-order valence-corrected chi connectivity index (χ3v) is 6.39. The van der Waals surface area contributed by atoms with Crippen molar-refractivity contribution in [1.82, 2.24) is 24.5 Å². The first-order valence-electron chi connectivity index (χ1n) is 12.6. The Kier molecular flexibility index (Phi) is 6.20. The summed E-state index contributed by atoms with van der Waals surface area (Å²) in [5.74, 6) is 0.882. The smallest absolute Gasteiger partial charge is 0.138 e. The molecule has 0 N–H and O–H groups in total. The normalized spacial score (nSPS) is 12.1. The van der Waals surface area contributed by atoms with Gasteiger partial charge in [-0.2, -0.15) is 10.2 Å². The molecule has 5 rings (SSSR count). The molecule has 2 aromatic carbocycles. The third-order valence-electron chi connectivity index (χ3n) is 6.39. The fourth-order valence-electron chi connectivity index (χ4n) is 4.25. The van der Waals surface area contributed by atoms with Gasteiger partial charge in [0.1, 0.15) is 5.82 Å². The van der Waals surface area contributed by atoms with Gasteiger partial charge in [0.2, 0.25) is 0 Å². The molecule has 0 spiro atoms. The summed E-state index contributed by atoms with van der Waals surface area (Å²) in [6.07, 6.45) is 7.50. The highest BCUT2D eigenvalue weighted by atomic mass is 15.3. The van der Waals surface area contributed by atoms with Crippen LogP contribution in [0.3, 0.4) is 0 Å². The fourth-order valence-corrected chi connectivity index (χ4v) is 4.25. The van der Waals surface area contributed by atoms with Crippen LogP contribution in [0.1, 0.15) is 52.8 Å². The van der Waals surface area contributed by atoms with E-state index in [2.05, 4.69) is 117 Å². The standard InChI is InChI=1S/C31H34N6/c1-30(2,3)23-19-28(31(4,5)6)34-29(20-23)37(26-13-7-11-24(21-26)35-17-9-15-32-35)27-14-8-12-25(22-27)36-18-10-16-33-36/h7-22H,1-6H3. The topological polar surface area (TPSA) is 51.8 Å². The van der Waals surface area contributed by atoms with Crippen LogP contribution < -0.4 is 4.90 Å². The third kappa shape index (κ3) is 5.19. The Balaban J connectivity index is 1.75. The average Bonchev–Trinajstić information content (AvgIpc) is 3.58. The molecule has 37 heavy (non-hydrogen) atoms. The van der Waals surface area contributed by atoms with Crippen LogP contribution in [0.4, 0.5) is 17.2 Å². The predicted octanol–water partition coefficient (Wildman–Crippen LogP) is 7.52. The van der Waals surface area contributed by atoms with E-state index in [1.807, 2.05) is 33.9 Å². The van der Waals surface area contributed by atoms with Crippen molar-refractivity contribution in [2.75, 3.05) is 4.90 Å². The van der Waals surface area contributed by atoms with Crippen LogP contribution in [0.2, 0.25) is 0 Å². The maximum Gasteiger partial charge on any atom is 0.138 e. The lowest BCUT2D eigenvalue weighted by atomic mass is 9.83. The Bertz CT molecular complexity index is 1380. The van der Waals surface area contributed by atoms with E-state index in [1.54, 1.807) is 12.4 Å². The summed E-state index contributed by atoms with van der Waals surface area (Å²) in [6.45, 7) is 13.4. The molecule has 0 aliphatic heterocycles. The first-order valence-corrected chi connectivity index (χ1v) is 12.6. The monoisotopic (exact) mass is 490 g/mol. The molecule has 0 atom stereocenters. The summed E-state index contributed by atoms with van der Waals surface area (Å²) in [4.78, 5) is 7.46. The molecule has 5 aromatic rings. The van der Waals surface area contributed by atoms with Gasteiger partial charge in [-0.3, -0.25) is 4.90 Å². The summed E-state index contributed by atoms with van der Waals surface area (Å²) < 4.78 is 3.75. The van der Waals surface area contributed by atoms with E-state index in [-0.39, 0.29) is 10.8 Å². The lowest BCUT2D eigenvalue weighted by Gasteiger charge is -2.30. The van der Waals surface area contributed by atoms with Crippen LogP contribution in [-0.4, -0.2) is 24.5 Å². The summed E-state index contributed by atoms with van der Waals surface area (Å²) >= 11 is 0. The number of hydrogen-bond acceptors (Lipinski definition) is 4. The summed E-state index contributed by atoms with van der Waals surface area (Å²) in [7, 11) is 0. The lowest BCUT2D eigenvalue weighted by molar-refractivity contribution is 0.553. The SMILES string of the molecule is CC(C)(C)c1cc(N(c2cccc(-n3cccn3)c2)c2cccc(-n3cccn3)c2)nc(C(C)(C)C)c1. The number of benzene rings is 2. The molecule has 0 saturated heterocycles. The van der Waals surface area contributed by atoms with Crippen molar-refractivity contribution < 1.29 is 0 Å². The van der Waals surface area contributed by atoms with Gasteiger partial charge in [-0.15, -0.1) is 0 Å². The van der Waals surface area contributed by atoms with E-state index in [1.165, 1.54) is 5.56 Å². The largest absolute Gasteiger partial charge is 0.295 e. The molecule has 3 aromatic heterocycles. The second kappa shape index (κ2) is 9.36. The zero-order chi connectivity index (χ0) is 26.2. The van der Waals surface area contributed by atoms with Crippen molar-refractivity contribution in [3.63, 3.8) is 0 Å². The first-order chi connectivity index (χ1) is 17.6. The fraction of sp³-hybridized carbons (Fsp3) is 0.258. The quantitative estimate of drug-likeness (QED) is 0.256. The lowest BCUT2D eigenvalue weighted by Crippen LogP contribution is -2.21. The molecule has 3 heterocycles. The average molecular weight is 491 g/mol. The molecule has 0 fully saturated rings. The Hall–Kier alpha value is -4.19. The van der Waals surface area contributed by atoms with Crippen LogP contribution in [0.15, 0.2) is 97.6 Å². The van der Waals surface area contributed by atoms with E-state index in [0.717, 1.165) is 34.3 Å². The predicted molar refractivity (Wildman–Crippen MR) is 151 cm³/mol. The van der Waals surface area contributed by atoms with E-state index < -0.39 is 0 Å². The van der Waals surface area contributed by atoms with Gasteiger partial charge in [-0.25, -0.2) is 14.3 Å². The van der Waals surface area contributed by atoms with Crippen molar-refractivity contribution >= 4 is 17.2 Å². The van der Waals surface area contributed by atoms with Crippen molar-refractivity contribution in [3.8, 4) is 11.4 Å². The van der Waals surface area contributed by atoms with Gasteiger partial charge >= 0.3 is 0 Å². The number of anilines is 3. The van der Waals surface area contributed by atoms with Gasteiger partial charge in [0.25, 0.3) is 0 Å². The maximum absolute atomic E-state index is 5.24. The van der Waals surface area contributed by atoms with Crippen LogP contribution in [-0.2, 0) is 10.8 Å². The molecule has 6 nitrogen and oxygen atoms in total. The number of aromatic nitrogens is 5. The van der Waals surface area contributed by atoms with Gasteiger partial charge < -0.3 is 0 Å². The minimum absolute atomic E-state index is 0.0306. The molecule has 188 valence electrons. The van der Waals surface area contributed by atoms with E-state index in [4.69, 9.17) is 4.98 Å². The van der Waals surface area contributed by atoms with Crippen molar-refractivity contribution in [2.45, 2.75) is 52.4 Å².